The molecule has 9 heteroatoms. The number of carbonyl (C=O) groups is 3. The molecule has 2 saturated heterocycles. The van der Waals surface area contributed by atoms with Crippen LogP contribution in [-0.2, 0) is 28.6 Å². The van der Waals surface area contributed by atoms with Crippen molar-refractivity contribution in [2.45, 2.75) is 77.6 Å². The summed E-state index contributed by atoms with van der Waals surface area (Å²) in [5.74, 6) is -2.50. The van der Waals surface area contributed by atoms with Gasteiger partial charge < -0.3 is 29.3 Å². The minimum atomic E-state index is -1.17. The second-order valence-electron chi connectivity index (χ2n) is 11.5. The number of hydrogen-bond acceptors (Lipinski definition) is 9. The number of methoxy groups -OCH3 is 1. The van der Waals surface area contributed by atoms with Gasteiger partial charge in [-0.15, -0.1) is 0 Å². The third kappa shape index (κ3) is 3.84. The molecule has 1 saturated carbocycles. The van der Waals surface area contributed by atoms with E-state index in [0.29, 0.717) is 30.4 Å². The highest BCUT2D eigenvalue weighted by atomic mass is 16.6. The number of esters is 2. The molecular weight excluding hydrogens is 478 g/mol. The number of rotatable bonds is 4. The van der Waals surface area contributed by atoms with Crippen molar-refractivity contribution in [3.05, 3.63) is 34.3 Å². The van der Waals surface area contributed by atoms with Crippen molar-refractivity contribution in [3.63, 3.8) is 0 Å². The average Bonchev–Trinajstić information content (AvgIpc) is 3.14. The Morgan fingerprint density at radius 1 is 1.19 bits per heavy atom. The highest BCUT2D eigenvalue weighted by Crippen LogP contribution is 2.63. The molecule has 37 heavy (non-hydrogen) atoms. The number of carbonyl (C=O) groups excluding carboxylic acids is 3. The van der Waals surface area contributed by atoms with Crippen LogP contribution in [0, 0.1) is 16.7 Å². The van der Waals surface area contributed by atoms with E-state index in [9.17, 15) is 24.6 Å². The van der Waals surface area contributed by atoms with E-state index in [0.717, 1.165) is 32.4 Å². The van der Waals surface area contributed by atoms with Gasteiger partial charge in [-0.3, -0.25) is 9.59 Å². The molecule has 0 spiro atoms. The van der Waals surface area contributed by atoms with Crippen molar-refractivity contribution in [2.75, 3.05) is 26.8 Å². The van der Waals surface area contributed by atoms with E-state index < -0.39 is 52.6 Å². The minimum absolute atomic E-state index is 0.0261. The van der Waals surface area contributed by atoms with Gasteiger partial charge in [-0.1, -0.05) is 6.92 Å². The van der Waals surface area contributed by atoms with Gasteiger partial charge in [0.15, 0.2) is 5.76 Å². The number of ketones is 1. The third-order valence-corrected chi connectivity index (χ3v) is 9.36. The smallest absolute Gasteiger partial charge is 0.340 e. The summed E-state index contributed by atoms with van der Waals surface area (Å²) in [4.78, 5) is 41.6. The number of allylic oxidation sites excluding steroid dienone is 1. The highest BCUT2D eigenvalue weighted by molar-refractivity contribution is 6.13. The number of likely N-dealkylation sites (tertiary alicyclic amines) is 1. The Morgan fingerprint density at radius 3 is 2.54 bits per heavy atom. The molecule has 0 radical (unpaired) electrons. The van der Waals surface area contributed by atoms with Crippen LogP contribution in [0.5, 0.6) is 0 Å². The first kappa shape index (κ1) is 26.0. The molecule has 0 bridgehead atoms. The number of aliphatic hydroxyl groups is 2. The number of Topliss-reactive ketones (excluding diaryl/α,β-unsaturated/α-hetero) is 1. The van der Waals surface area contributed by atoms with Crippen molar-refractivity contribution in [2.24, 2.45) is 16.7 Å². The quantitative estimate of drug-likeness (QED) is 0.430. The van der Waals surface area contributed by atoms with Crippen LogP contribution in [0.15, 0.2) is 34.3 Å². The Hall–Kier alpha value is -2.65. The fourth-order valence-electron chi connectivity index (χ4n) is 7.50. The maximum absolute atomic E-state index is 14.0. The van der Waals surface area contributed by atoms with Crippen LogP contribution in [0.25, 0.3) is 0 Å². The summed E-state index contributed by atoms with van der Waals surface area (Å²) < 4.78 is 17.2. The summed E-state index contributed by atoms with van der Waals surface area (Å²) >= 11 is 0. The first-order chi connectivity index (χ1) is 17.5. The fraction of sp³-hybridized carbons (Fsp3) is 0.679. The van der Waals surface area contributed by atoms with Crippen LogP contribution in [0.4, 0.5) is 0 Å². The lowest BCUT2D eigenvalue weighted by Gasteiger charge is -2.54. The first-order valence-corrected chi connectivity index (χ1v) is 13.3. The molecular formula is C28H37NO8. The minimum Gasteiger partial charge on any atom is -0.504 e. The molecule has 2 aliphatic heterocycles. The van der Waals surface area contributed by atoms with Gasteiger partial charge in [0, 0.05) is 49.9 Å². The summed E-state index contributed by atoms with van der Waals surface area (Å²) in [7, 11) is 1.50. The number of fused-ring (bicyclic) bond motifs is 4. The highest BCUT2D eigenvalue weighted by Gasteiger charge is 2.64. The van der Waals surface area contributed by atoms with Gasteiger partial charge in [0.05, 0.1) is 23.7 Å². The van der Waals surface area contributed by atoms with Crippen LogP contribution in [0.1, 0.15) is 59.3 Å². The Bertz CT molecular complexity index is 1120. The van der Waals surface area contributed by atoms with Gasteiger partial charge in [0.2, 0.25) is 5.78 Å². The monoisotopic (exact) mass is 515 g/mol. The van der Waals surface area contributed by atoms with Crippen molar-refractivity contribution in [1.82, 2.24) is 4.90 Å². The molecule has 2 N–H and O–H groups in total. The van der Waals surface area contributed by atoms with Crippen molar-refractivity contribution < 1.29 is 38.8 Å². The predicted molar refractivity (Wildman–Crippen MR) is 132 cm³/mol. The zero-order chi connectivity index (χ0) is 26.7. The maximum atomic E-state index is 14.0. The molecule has 0 aromatic rings. The van der Waals surface area contributed by atoms with Crippen LogP contribution < -0.4 is 0 Å². The Morgan fingerprint density at radius 2 is 1.89 bits per heavy atom. The van der Waals surface area contributed by atoms with Gasteiger partial charge >= 0.3 is 11.9 Å². The van der Waals surface area contributed by atoms with E-state index in [1.807, 2.05) is 18.7 Å². The average molecular weight is 516 g/mol. The molecule has 5 aliphatic rings. The van der Waals surface area contributed by atoms with E-state index in [1.54, 1.807) is 6.20 Å². The lowest BCUT2D eigenvalue weighted by molar-refractivity contribution is -0.161. The molecule has 0 aromatic carbocycles. The van der Waals surface area contributed by atoms with Gasteiger partial charge in [-0.25, -0.2) is 4.79 Å². The molecule has 3 aliphatic carbocycles. The summed E-state index contributed by atoms with van der Waals surface area (Å²) in [5, 5.41) is 22.5. The number of cyclic esters (lactones) is 1. The van der Waals surface area contributed by atoms with E-state index in [4.69, 9.17) is 14.2 Å². The topological polar surface area (TPSA) is 123 Å². The van der Waals surface area contributed by atoms with Gasteiger partial charge in [0.1, 0.15) is 12.2 Å². The molecule has 5 rings (SSSR count). The number of ether oxygens (including phenoxy) is 3. The number of aliphatic hydroxyl groups excluding tert-OH is 2. The normalized spacial score (nSPS) is 38.8. The Kier molecular flexibility index (Phi) is 6.51. The van der Waals surface area contributed by atoms with E-state index in [2.05, 4.69) is 0 Å². The molecule has 0 amide bonds. The van der Waals surface area contributed by atoms with Crippen molar-refractivity contribution >= 4 is 17.7 Å². The fourth-order valence-corrected chi connectivity index (χ4v) is 7.50. The van der Waals surface area contributed by atoms with E-state index in [1.165, 1.54) is 14.0 Å². The van der Waals surface area contributed by atoms with Crippen LogP contribution >= 0.6 is 0 Å². The summed E-state index contributed by atoms with van der Waals surface area (Å²) in [6.45, 7) is 6.62. The molecule has 3 fully saturated rings. The van der Waals surface area contributed by atoms with Crippen molar-refractivity contribution in [1.29, 1.82) is 0 Å². The second-order valence-corrected chi connectivity index (χ2v) is 11.5. The lowest BCUT2D eigenvalue weighted by Crippen LogP contribution is -2.57. The molecule has 6 atom stereocenters. The molecule has 202 valence electrons. The number of nitrogens with zero attached hydrogens (tertiary/aromatic N) is 1. The second kappa shape index (κ2) is 9.27. The van der Waals surface area contributed by atoms with Gasteiger partial charge in [0.25, 0.3) is 0 Å². The SMILES string of the molecule is COC[C@H]1OC(=O)/C(=C/N2CCCCC2)C2=C(O)C(=O)C3=C([C@H](OC(C)=O)C[C@]4(C)[C@@H](O)CC[C@@H]34)[C@]21C. The predicted octanol–water partition coefficient (Wildman–Crippen LogP) is 2.74. The zero-order valence-electron chi connectivity index (χ0n) is 22.0. The summed E-state index contributed by atoms with van der Waals surface area (Å²) in [6.07, 6.45) is 3.83. The lowest BCUT2D eigenvalue weighted by atomic mass is 9.53. The van der Waals surface area contributed by atoms with Crippen molar-refractivity contribution in [3.8, 4) is 0 Å². The Balaban J connectivity index is 1.74. The van der Waals surface area contributed by atoms with E-state index in [-0.39, 0.29) is 23.7 Å². The molecule has 0 unspecified atom stereocenters. The molecule has 0 aromatic heterocycles. The van der Waals surface area contributed by atoms with Gasteiger partial charge in [-0.2, -0.15) is 0 Å². The first-order valence-electron chi connectivity index (χ1n) is 13.3. The molecule has 9 nitrogen and oxygen atoms in total. The Labute approximate surface area is 217 Å². The van der Waals surface area contributed by atoms with Gasteiger partial charge in [-0.05, 0) is 56.9 Å². The number of hydrogen-bond donors (Lipinski definition) is 2. The zero-order valence-corrected chi connectivity index (χ0v) is 22.0. The summed E-state index contributed by atoms with van der Waals surface area (Å²) in [5.41, 5.74) is -0.590. The third-order valence-electron chi connectivity index (χ3n) is 9.36. The number of piperidine rings is 1. The van der Waals surface area contributed by atoms with E-state index >= 15 is 0 Å². The molecule has 2 heterocycles. The van der Waals surface area contributed by atoms with Crippen LogP contribution in [0.3, 0.4) is 0 Å². The summed E-state index contributed by atoms with van der Waals surface area (Å²) in [6, 6.07) is 0. The largest absolute Gasteiger partial charge is 0.504 e. The van der Waals surface area contributed by atoms with Crippen LogP contribution in [0.2, 0.25) is 0 Å². The maximum Gasteiger partial charge on any atom is 0.340 e. The standard InChI is InChI=1S/C28H37NO8/c1-15(30)36-18-12-27(2)17(8-9-19(27)31)21-23(18)28(3)20(14-35-4)37-26(34)16(22(28)25(33)24(21)32)13-29-10-6-5-7-11-29/h13,17-20,31,33H,5-12,14H2,1-4H3/b16-13+/t17-,18+,19-,20+,27-,28-/m0/s1. The van der Waals surface area contributed by atoms with Crippen LogP contribution in [-0.4, -0.2) is 78.0 Å².